The van der Waals surface area contributed by atoms with E-state index in [1.54, 1.807) is 19.6 Å². The molecular formula is C11H13N3O. The van der Waals surface area contributed by atoms with Crippen molar-refractivity contribution in [2.45, 2.75) is 19.8 Å². The molecule has 2 aromatic rings. The Kier molecular flexibility index (Phi) is 2.49. The van der Waals surface area contributed by atoms with Gasteiger partial charge in [-0.1, -0.05) is 13.8 Å². The lowest BCUT2D eigenvalue weighted by Crippen LogP contribution is -1.97. The van der Waals surface area contributed by atoms with Crippen molar-refractivity contribution < 1.29 is 4.74 Å². The van der Waals surface area contributed by atoms with E-state index in [9.17, 15) is 0 Å². The number of hydrogen-bond acceptors (Lipinski definition) is 4. The molecule has 0 spiro atoms. The molecule has 0 fully saturated rings. The molecule has 4 heteroatoms. The van der Waals surface area contributed by atoms with Gasteiger partial charge >= 0.3 is 0 Å². The predicted octanol–water partition coefficient (Wildman–Crippen LogP) is 2.16. The number of hydrogen-bond donors (Lipinski definition) is 0. The lowest BCUT2D eigenvalue weighted by molar-refractivity contribution is 0.398. The summed E-state index contributed by atoms with van der Waals surface area (Å²) in [5.74, 6) is 0.960. The Morgan fingerprint density at radius 1 is 1.20 bits per heavy atom. The average molecular weight is 203 g/mol. The van der Waals surface area contributed by atoms with Crippen molar-refractivity contribution in [3.8, 4) is 5.88 Å². The van der Waals surface area contributed by atoms with Gasteiger partial charge in [0.15, 0.2) is 0 Å². The topological polar surface area (TPSA) is 47.9 Å². The van der Waals surface area contributed by atoms with Crippen LogP contribution in [0.25, 0.3) is 10.9 Å². The zero-order chi connectivity index (χ0) is 10.8. The number of ether oxygens (including phenoxy) is 1. The summed E-state index contributed by atoms with van der Waals surface area (Å²) < 4.78 is 5.09. The van der Waals surface area contributed by atoms with Crippen molar-refractivity contribution in [1.82, 2.24) is 15.0 Å². The van der Waals surface area contributed by atoms with Gasteiger partial charge in [0.2, 0.25) is 5.88 Å². The summed E-state index contributed by atoms with van der Waals surface area (Å²) in [5, 5.41) is 1.01. The molecular weight excluding hydrogens is 190 g/mol. The first-order valence-corrected chi connectivity index (χ1v) is 4.87. The van der Waals surface area contributed by atoms with E-state index in [2.05, 4.69) is 28.8 Å². The van der Waals surface area contributed by atoms with Gasteiger partial charge in [-0.05, 0) is 5.92 Å². The molecule has 0 radical (unpaired) electrons. The number of rotatable bonds is 2. The molecule has 15 heavy (non-hydrogen) atoms. The average Bonchev–Trinajstić information content (AvgIpc) is 2.27. The monoisotopic (exact) mass is 203 g/mol. The van der Waals surface area contributed by atoms with Crippen molar-refractivity contribution in [1.29, 1.82) is 0 Å². The van der Waals surface area contributed by atoms with Crippen molar-refractivity contribution in [2.75, 3.05) is 7.11 Å². The summed E-state index contributed by atoms with van der Waals surface area (Å²) in [6, 6.07) is 1.88. The molecule has 0 N–H and O–H groups in total. The smallest absolute Gasteiger partial charge is 0.213 e. The van der Waals surface area contributed by atoms with Gasteiger partial charge in [0, 0.05) is 11.5 Å². The maximum atomic E-state index is 5.09. The molecule has 0 aliphatic carbocycles. The number of nitrogens with zero attached hydrogens (tertiary/aromatic N) is 3. The second-order valence-corrected chi connectivity index (χ2v) is 3.66. The van der Waals surface area contributed by atoms with Crippen LogP contribution in [0.4, 0.5) is 0 Å². The van der Waals surface area contributed by atoms with E-state index in [0.29, 0.717) is 11.8 Å². The SMILES string of the molecule is COc1cc2c(C(C)C)ncnc2cn1. The van der Waals surface area contributed by atoms with Crippen LogP contribution in [0.15, 0.2) is 18.6 Å². The predicted molar refractivity (Wildman–Crippen MR) is 58.0 cm³/mol. The molecule has 0 aliphatic heterocycles. The minimum atomic E-state index is 0.364. The Labute approximate surface area is 88.3 Å². The summed E-state index contributed by atoms with van der Waals surface area (Å²) in [6.45, 7) is 4.21. The number of fused-ring (bicyclic) bond motifs is 1. The summed E-state index contributed by atoms with van der Waals surface area (Å²) in [5.41, 5.74) is 1.88. The Morgan fingerprint density at radius 2 is 2.00 bits per heavy atom. The standard InChI is InChI=1S/C11H13N3O/c1-7(2)11-8-4-10(15-3)12-5-9(8)13-6-14-11/h4-7H,1-3H3. The van der Waals surface area contributed by atoms with E-state index in [0.717, 1.165) is 16.6 Å². The second kappa shape index (κ2) is 3.81. The van der Waals surface area contributed by atoms with Gasteiger partial charge in [-0.25, -0.2) is 15.0 Å². The molecule has 0 unspecified atom stereocenters. The Hall–Kier alpha value is -1.71. The van der Waals surface area contributed by atoms with Crippen LogP contribution in [-0.4, -0.2) is 22.1 Å². The Bertz CT molecular complexity index is 482. The first-order valence-electron chi connectivity index (χ1n) is 4.87. The van der Waals surface area contributed by atoms with Crippen molar-refractivity contribution in [3.63, 3.8) is 0 Å². The van der Waals surface area contributed by atoms with E-state index < -0.39 is 0 Å². The second-order valence-electron chi connectivity index (χ2n) is 3.66. The molecule has 2 heterocycles. The van der Waals surface area contributed by atoms with E-state index in [1.807, 2.05) is 6.07 Å². The quantitative estimate of drug-likeness (QED) is 0.750. The number of aromatic nitrogens is 3. The third-order valence-corrected chi connectivity index (χ3v) is 2.28. The normalized spacial score (nSPS) is 10.9. The van der Waals surface area contributed by atoms with Crippen molar-refractivity contribution in [2.24, 2.45) is 0 Å². The summed E-state index contributed by atoms with van der Waals surface area (Å²) in [4.78, 5) is 12.6. The molecule has 0 saturated carbocycles. The highest BCUT2D eigenvalue weighted by Crippen LogP contribution is 2.23. The van der Waals surface area contributed by atoms with Crippen LogP contribution in [-0.2, 0) is 0 Å². The molecule has 0 saturated heterocycles. The van der Waals surface area contributed by atoms with Crippen LogP contribution < -0.4 is 4.74 Å². The highest BCUT2D eigenvalue weighted by Gasteiger charge is 2.08. The van der Waals surface area contributed by atoms with Crippen LogP contribution in [0.1, 0.15) is 25.5 Å². The molecule has 0 bridgehead atoms. The molecule has 0 aromatic carbocycles. The van der Waals surface area contributed by atoms with Gasteiger partial charge in [0.25, 0.3) is 0 Å². The maximum absolute atomic E-state index is 5.09. The fourth-order valence-electron chi connectivity index (χ4n) is 1.53. The molecule has 78 valence electrons. The lowest BCUT2D eigenvalue weighted by atomic mass is 10.1. The lowest BCUT2D eigenvalue weighted by Gasteiger charge is -2.08. The Balaban J connectivity index is 2.70. The van der Waals surface area contributed by atoms with E-state index in [4.69, 9.17) is 4.74 Å². The zero-order valence-corrected chi connectivity index (χ0v) is 9.06. The van der Waals surface area contributed by atoms with E-state index in [1.165, 1.54) is 0 Å². The Morgan fingerprint density at radius 3 is 2.67 bits per heavy atom. The van der Waals surface area contributed by atoms with Crippen LogP contribution in [0.2, 0.25) is 0 Å². The summed E-state index contributed by atoms with van der Waals surface area (Å²) in [6.07, 6.45) is 3.29. The van der Waals surface area contributed by atoms with Gasteiger partial charge in [-0.15, -0.1) is 0 Å². The third-order valence-electron chi connectivity index (χ3n) is 2.28. The highest BCUT2D eigenvalue weighted by atomic mass is 16.5. The third kappa shape index (κ3) is 1.75. The molecule has 2 rings (SSSR count). The minimum absolute atomic E-state index is 0.364. The highest BCUT2D eigenvalue weighted by molar-refractivity contribution is 5.81. The molecule has 2 aromatic heterocycles. The van der Waals surface area contributed by atoms with E-state index >= 15 is 0 Å². The van der Waals surface area contributed by atoms with E-state index in [-0.39, 0.29) is 0 Å². The van der Waals surface area contributed by atoms with Crippen molar-refractivity contribution >= 4 is 10.9 Å². The molecule has 4 nitrogen and oxygen atoms in total. The molecule has 0 aliphatic rings. The maximum Gasteiger partial charge on any atom is 0.213 e. The molecule has 0 amide bonds. The number of methoxy groups -OCH3 is 1. The van der Waals surface area contributed by atoms with Crippen LogP contribution in [0.3, 0.4) is 0 Å². The largest absolute Gasteiger partial charge is 0.481 e. The van der Waals surface area contributed by atoms with Crippen LogP contribution in [0, 0.1) is 0 Å². The first-order chi connectivity index (χ1) is 7.22. The van der Waals surface area contributed by atoms with Crippen LogP contribution >= 0.6 is 0 Å². The minimum Gasteiger partial charge on any atom is -0.481 e. The van der Waals surface area contributed by atoms with Gasteiger partial charge in [0.05, 0.1) is 24.5 Å². The van der Waals surface area contributed by atoms with Crippen molar-refractivity contribution in [3.05, 3.63) is 24.3 Å². The van der Waals surface area contributed by atoms with Gasteiger partial charge < -0.3 is 4.74 Å². The fraction of sp³-hybridized carbons (Fsp3) is 0.364. The summed E-state index contributed by atoms with van der Waals surface area (Å²) >= 11 is 0. The van der Waals surface area contributed by atoms with Gasteiger partial charge in [-0.3, -0.25) is 0 Å². The number of pyridine rings is 1. The van der Waals surface area contributed by atoms with Crippen LogP contribution in [0.5, 0.6) is 5.88 Å². The molecule has 0 atom stereocenters. The van der Waals surface area contributed by atoms with Gasteiger partial charge in [0.1, 0.15) is 6.33 Å². The first kappa shape index (κ1) is 9.83. The zero-order valence-electron chi connectivity index (χ0n) is 9.06. The van der Waals surface area contributed by atoms with Gasteiger partial charge in [-0.2, -0.15) is 0 Å². The fourth-order valence-corrected chi connectivity index (χ4v) is 1.53. The summed E-state index contributed by atoms with van der Waals surface area (Å²) in [7, 11) is 1.60.